The first-order valence-electron chi connectivity index (χ1n) is 9.06. The molecule has 0 saturated heterocycles. The Hall–Kier alpha value is -2.77. The molecule has 4 rings (SSSR count). The molecular weight excluding hydrogens is 417 g/mol. The third kappa shape index (κ3) is 4.02. The van der Waals surface area contributed by atoms with E-state index in [-0.39, 0.29) is 18.6 Å². The van der Waals surface area contributed by atoms with Crippen LogP contribution in [0.5, 0.6) is 17.5 Å². The minimum absolute atomic E-state index is 0.105. The molecule has 0 fully saturated rings. The van der Waals surface area contributed by atoms with Gasteiger partial charge in [0.2, 0.25) is 6.79 Å². The summed E-state index contributed by atoms with van der Waals surface area (Å²) in [5, 5.41) is 5.09. The average molecular weight is 434 g/mol. The SMILES string of the molecule is CCCCOc1nc(-c2ccc(Cl)cc2Cl)n(C(=O)c2ccc3c(c2)OCO3)n1. The molecule has 0 spiro atoms. The molecule has 29 heavy (non-hydrogen) atoms. The predicted octanol–water partition coefficient (Wildman–Crippen LogP) is 4.85. The topological polar surface area (TPSA) is 75.5 Å². The second kappa shape index (κ2) is 8.31. The maximum absolute atomic E-state index is 13.2. The lowest BCUT2D eigenvalue weighted by atomic mass is 10.1. The van der Waals surface area contributed by atoms with Crippen molar-refractivity contribution in [3.63, 3.8) is 0 Å². The first kappa shape index (κ1) is 19.5. The van der Waals surface area contributed by atoms with Crippen molar-refractivity contribution in [3.05, 3.63) is 52.0 Å². The Bertz CT molecular complexity index is 1070. The van der Waals surface area contributed by atoms with Crippen LogP contribution in [0.1, 0.15) is 30.1 Å². The summed E-state index contributed by atoms with van der Waals surface area (Å²) in [4.78, 5) is 17.6. The standard InChI is InChI=1S/C20H17Cl2N3O4/c1-2-3-8-27-20-23-18(14-6-5-13(21)10-15(14)22)25(24-20)19(26)12-4-7-16-17(9-12)29-11-28-16/h4-7,9-10H,2-3,8,11H2,1H3. The molecule has 0 aliphatic carbocycles. The molecule has 0 N–H and O–H groups in total. The highest BCUT2D eigenvalue weighted by atomic mass is 35.5. The van der Waals surface area contributed by atoms with Crippen LogP contribution in [0.25, 0.3) is 11.4 Å². The number of halogens is 2. The Balaban J connectivity index is 1.75. The number of aromatic nitrogens is 3. The largest absolute Gasteiger partial charge is 0.462 e. The predicted molar refractivity (Wildman–Crippen MR) is 108 cm³/mol. The zero-order valence-corrected chi connectivity index (χ0v) is 17.0. The number of unbranched alkanes of at least 4 members (excludes halogenated alkanes) is 1. The quantitative estimate of drug-likeness (QED) is 0.517. The second-order valence-corrected chi connectivity index (χ2v) is 7.17. The molecule has 1 aliphatic rings. The van der Waals surface area contributed by atoms with Crippen LogP contribution >= 0.6 is 23.2 Å². The van der Waals surface area contributed by atoms with Gasteiger partial charge >= 0.3 is 6.01 Å². The van der Waals surface area contributed by atoms with Gasteiger partial charge in [0.1, 0.15) is 0 Å². The fraction of sp³-hybridized carbons (Fsp3) is 0.250. The van der Waals surface area contributed by atoms with Gasteiger partial charge in [-0.25, -0.2) is 0 Å². The van der Waals surface area contributed by atoms with Crippen molar-refractivity contribution in [2.24, 2.45) is 0 Å². The van der Waals surface area contributed by atoms with Gasteiger partial charge in [0.15, 0.2) is 17.3 Å². The third-order valence-electron chi connectivity index (χ3n) is 4.30. The summed E-state index contributed by atoms with van der Waals surface area (Å²) in [6.45, 7) is 2.63. The van der Waals surface area contributed by atoms with Crippen molar-refractivity contribution >= 4 is 29.1 Å². The number of hydrogen-bond acceptors (Lipinski definition) is 6. The lowest BCUT2D eigenvalue weighted by Crippen LogP contribution is -2.15. The molecule has 0 radical (unpaired) electrons. The lowest BCUT2D eigenvalue weighted by molar-refractivity contribution is 0.0944. The van der Waals surface area contributed by atoms with Crippen LogP contribution in [-0.2, 0) is 0 Å². The maximum Gasteiger partial charge on any atom is 0.336 e. The molecule has 2 aromatic carbocycles. The molecule has 150 valence electrons. The normalized spacial score (nSPS) is 12.2. The van der Waals surface area contributed by atoms with E-state index >= 15 is 0 Å². The molecule has 7 nitrogen and oxygen atoms in total. The van der Waals surface area contributed by atoms with Crippen LogP contribution in [0.3, 0.4) is 0 Å². The number of rotatable bonds is 6. The van der Waals surface area contributed by atoms with E-state index in [9.17, 15) is 4.79 Å². The number of carbonyl (C=O) groups is 1. The molecule has 0 bridgehead atoms. The molecular formula is C20H17Cl2N3O4. The third-order valence-corrected chi connectivity index (χ3v) is 4.85. The average Bonchev–Trinajstić information content (AvgIpc) is 3.34. The van der Waals surface area contributed by atoms with Crippen molar-refractivity contribution in [2.45, 2.75) is 19.8 Å². The molecule has 0 amide bonds. The Morgan fingerprint density at radius 1 is 1.17 bits per heavy atom. The van der Waals surface area contributed by atoms with Gasteiger partial charge in [-0.2, -0.15) is 9.67 Å². The highest BCUT2D eigenvalue weighted by Crippen LogP contribution is 2.34. The minimum atomic E-state index is -0.401. The van der Waals surface area contributed by atoms with Crippen molar-refractivity contribution in [1.82, 2.24) is 14.8 Å². The molecule has 2 heterocycles. The van der Waals surface area contributed by atoms with E-state index in [1.165, 1.54) is 4.68 Å². The number of benzene rings is 2. The summed E-state index contributed by atoms with van der Waals surface area (Å²) in [6.07, 6.45) is 1.81. The minimum Gasteiger partial charge on any atom is -0.462 e. The van der Waals surface area contributed by atoms with Crippen LogP contribution in [-0.4, -0.2) is 34.1 Å². The summed E-state index contributed by atoms with van der Waals surface area (Å²) >= 11 is 12.3. The number of ether oxygens (including phenoxy) is 3. The van der Waals surface area contributed by atoms with Gasteiger partial charge in [0.05, 0.1) is 11.6 Å². The second-order valence-electron chi connectivity index (χ2n) is 6.33. The van der Waals surface area contributed by atoms with Gasteiger partial charge in [-0.15, -0.1) is 5.10 Å². The maximum atomic E-state index is 13.2. The van der Waals surface area contributed by atoms with E-state index in [1.54, 1.807) is 36.4 Å². The van der Waals surface area contributed by atoms with E-state index < -0.39 is 5.91 Å². The first-order valence-corrected chi connectivity index (χ1v) is 9.82. The smallest absolute Gasteiger partial charge is 0.336 e. The molecule has 0 atom stereocenters. The molecule has 1 aliphatic heterocycles. The molecule has 0 saturated carbocycles. The zero-order chi connectivity index (χ0) is 20.4. The van der Waals surface area contributed by atoms with Crippen molar-refractivity contribution in [3.8, 4) is 28.9 Å². The highest BCUT2D eigenvalue weighted by Gasteiger charge is 2.24. The van der Waals surface area contributed by atoms with Crippen molar-refractivity contribution in [2.75, 3.05) is 13.4 Å². The van der Waals surface area contributed by atoms with Gasteiger partial charge in [-0.3, -0.25) is 4.79 Å². The van der Waals surface area contributed by atoms with E-state index in [2.05, 4.69) is 17.0 Å². The Labute approximate surface area is 177 Å². The van der Waals surface area contributed by atoms with Crippen molar-refractivity contribution < 1.29 is 19.0 Å². The van der Waals surface area contributed by atoms with E-state index in [1.807, 2.05) is 0 Å². The number of fused-ring (bicyclic) bond motifs is 1. The summed E-state index contributed by atoms with van der Waals surface area (Å²) in [7, 11) is 0. The molecule has 1 aromatic heterocycles. The summed E-state index contributed by atoms with van der Waals surface area (Å²) < 4.78 is 17.4. The van der Waals surface area contributed by atoms with Gasteiger partial charge in [0, 0.05) is 16.1 Å². The summed E-state index contributed by atoms with van der Waals surface area (Å²) in [5.74, 6) is 0.953. The number of nitrogens with zero attached hydrogens (tertiary/aromatic N) is 3. The van der Waals surface area contributed by atoms with E-state index in [0.717, 1.165) is 12.8 Å². The first-order chi connectivity index (χ1) is 14.1. The zero-order valence-electron chi connectivity index (χ0n) is 15.5. The number of carbonyl (C=O) groups excluding carboxylic acids is 1. The molecule has 3 aromatic rings. The van der Waals surface area contributed by atoms with Crippen molar-refractivity contribution in [1.29, 1.82) is 0 Å². The van der Waals surface area contributed by atoms with Gasteiger partial charge < -0.3 is 14.2 Å². The van der Waals surface area contributed by atoms with Crippen LogP contribution in [0.4, 0.5) is 0 Å². The van der Waals surface area contributed by atoms with Gasteiger partial charge in [-0.05, 0) is 42.8 Å². The Morgan fingerprint density at radius 3 is 2.79 bits per heavy atom. The van der Waals surface area contributed by atoms with Gasteiger partial charge in [0.25, 0.3) is 5.91 Å². The summed E-state index contributed by atoms with van der Waals surface area (Å²) in [5.41, 5.74) is 0.883. The Morgan fingerprint density at radius 2 is 2.00 bits per heavy atom. The number of hydrogen-bond donors (Lipinski definition) is 0. The van der Waals surface area contributed by atoms with Gasteiger partial charge in [-0.1, -0.05) is 36.5 Å². The fourth-order valence-corrected chi connectivity index (χ4v) is 3.29. The monoisotopic (exact) mass is 433 g/mol. The highest BCUT2D eigenvalue weighted by molar-refractivity contribution is 6.36. The van der Waals surface area contributed by atoms with E-state index in [4.69, 9.17) is 37.4 Å². The fourth-order valence-electron chi connectivity index (χ4n) is 2.80. The summed E-state index contributed by atoms with van der Waals surface area (Å²) in [6, 6.07) is 9.98. The molecule has 0 unspecified atom stereocenters. The van der Waals surface area contributed by atoms with Crippen LogP contribution < -0.4 is 14.2 Å². The van der Waals surface area contributed by atoms with Crippen LogP contribution in [0.15, 0.2) is 36.4 Å². The van der Waals surface area contributed by atoms with Crippen LogP contribution in [0, 0.1) is 0 Å². The lowest BCUT2D eigenvalue weighted by Gasteiger charge is -2.07. The van der Waals surface area contributed by atoms with Crippen LogP contribution in [0.2, 0.25) is 10.0 Å². The molecule has 9 heteroatoms. The Kier molecular flexibility index (Phi) is 5.60. The van der Waals surface area contributed by atoms with E-state index in [0.29, 0.717) is 39.3 Å².